The smallest absolute Gasteiger partial charge is 0.254 e. The van der Waals surface area contributed by atoms with Gasteiger partial charge in [0.15, 0.2) is 0 Å². The Labute approximate surface area is 121 Å². The number of carbonyl (C=O) groups is 1. The second-order valence-corrected chi connectivity index (χ2v) is 4.82. The highest BCUT2D eigenvalue weighted by Crippen LogP contribution is 2.25. The number of rotatable bonds is 4. The second-order valence-electron chi connectivity index (χ2n) is 4.01. The first-order chi connectivity index (χ1) is 9.13. The number of hydrogen-bond acceptors (Lipinski definition) is 2. The maximum absolute atomic E-state index is 12.2. The molecule has 2 N–H and O–H groups in total. The fraction of sp³-hybridized carbons (Fsp3) is 0.231. The lowest BCUT2D eigenvalue weighted by molar-refractivity contribution is 0.0934. The maximum Gasteiger partial charge on any atom is 0.254 e. The summed E-state index contributed by atoms with van der Waals surface area (Å²) >= 11 is 12.0. The summed E-state index contributed by atoms with van der Waals surface area (Å²) in [6.07, 6.45) is 4.07. The maximum atomic E-state index is 12.2. The number of carbonyl (C=O) groups excluding carboxylic acids is 1. The molecule has 100 valence electrons. The quantitative estimate of drug-likeness (QED) is 0.906. The minimum atomic E-state index is -0.307. The van der Waals surface area contributed by atoms with Crippen molar-refractivity contribution in [1.29, 1.82) is 0 Å². The van der Waals surface area contributed by atoms with Gasteiger partial charge in [0, 0.05) is 12.4 Å². The minimum absolute atomic E-state index is 0.199. The van der Waals surface area contributed by atoms with Crippen LogP contribution in [0.4, 0.5) is 0 Å². The topological polar surface area (TPSA) is 57.8 Å². The molecule has 1 amide bonds. The van der Waals surface area contributed by atoms with Crippen molar-refractivity contribution >= 4 is 29.1 Å². The molecule has 0 bridgehead atoms. The van der Waals surface area contributed by atoms with E-state index in [0.29, 0.717) is 22.3 Å². The summed E-state index contributed by atoms with van der Waals surface area (Å²) in [7, 11) is 0. The van der Waals surface area contributed by atoms with Crippen molar-refractivity contribution in [3.05, 3.63) is 52.0 Å². The number of hydrogen-bond donors (Lipinski definition) is 2. The molecule has 1 aromatic carbocycles. The number of amides is 1. The third-order valence-corrected chi connectivity index (χ3v) is 3.38. The predicted molar refractivity (Wildman–Crippen MR) is 75.5 cm³/mol. The zero-order valence-electron chi connectivity index (χ0n) is 10.3. The summed E-state index contributed by atoms with van der Waals surface area (Å²) in [5.74, 6) is 0.401. The average molecular weight is 298 g/mol. The molecule has 0 spiro atoms. The molecule has 0 radical (unpaired) electrons. The average Bonchev–Trinajstić information content (AvgIpc) is 2.89. The van der Waals surface area contributed by atoms with E-state index in [1.54, 1.807) is 30.6 Å². The van der Waals surface area contributed by atoms with Crippen LogP contribution in [0.3, 0.4) is 0 Å². The number of nitrogens with one attached hydrogen (secondary N) is 2. The molecule has 1 unspecified atom stereocenters. The van der Waals surface area contributed by atoms with Crippen molar-refractivity contribution in [3.63, 3.8) is 0 Å². The fourth-order valence-corrected chi connectivity index (χ4v) is 2.35. The van der Waals surface area contributed by atoms with Crippen LogP contribution in [0.2, 0.25) is 10.0 Å². The number of imidazole rings is 1. The Hall–Kier alpha value is -1.52. The molecule has 2 aromatic rings. The van der Waals surface area contributed by atoms with Gasteiger partial charge >= 0.3 is 0 Å². The van der Waals surface area contributed by atoms with E-state index in [9.17, 15) is 4.79 Å². The molecule has 1 aromatic heterocycles. The van der Waals surface area contributed by atoms with Gasteiger partial charge in [-0.3, -0.25) is 4.79 Å². The van der Waals surface area contributed by atoms with Crippen molar-refractivity contribution in [2.75, 3.05) is 0 Å². The van der Waals surface area contributed by atoms with E-state index in [1.807, 2.05) is 6.92 Å². The first-order valence-electron chi connectivity index (χ1n) is 5.87. The van der Waals surface area contributed by atoms with Crippen LogP contribution in [0, 0.1) is 0 Å². The molecular weight excluding hydrogens is 285 g/mol. The van der Waals surface area contributed by atoms with Gasteiger partial charge in [0.2, 0.25) is 0 Å². The molecular formula is C13H13Cl2N3O. The van der Waals surface area contributed by atoms with E-state index >= 15 is 0 Å². The van der Waals surface area contributed by atoms with E-state index in [2.05, 4.69) is 15.3 Å². The molecule has 19 heavy (non-hydrogen) atoms. The van der Waals surface area contributed by atoms with E-state index in [-0.39, 0.29) is 17.5 Å². The lowest BCUT2D eigenvalue weighted by atomic mass is 10.1. The number of aromatic amines is 1. The van der Waals surface area contributed by atoms with Crippen LogP contribution >= 0.6 is 23.2 Å². The van der Waals surface area contributed by atoms with Crippen molar-refractivity contribution in [1.82, 2.24) is 15.3 Å². The molecule has 0 aliphatic carbocycles. The van der Waals surface area contributed by atoms with Gasteiger partial charge in [0.25, 0.3) is 5.91 Å². The van der Waals surface area contributed by atoms with Crippen molar-refractivity contribution in [2.45, 2.75) is 19.4 Å². The first kappa shape index (κ1) is 13.9. The first-order valence-corrected chi connectivity index (χ1v) is 6.63. The van der Waals surface area contributed by atoms with Gasteiger partial charge < -0.3 is 10.3 Å². The largest absolute Gasteiger partial charge is 0.347 e. The Morgan fingerprint density at radius 1 is 1.42 bits per heavy atom. The molecule has 2 rings (SSSR count). The molecule has 0 saturated carbocycles. The number of nitrogens with zero attached hydrogens (tertiary/aromatic N) is 1. The Morgan fingerprint density at radius 2 is 2.11 bits per heavy atom. The Kier molecular flexibility index (Phi) is 4.45. The monoisotopic (exact) mass is 297 g/mol. The van der Waals surface area contributed by atoms with Crippen molar-refractivity contribution in [3.8, 4) is 0 Å². The van der Waals surface area contributed by atoms with Crippen LogP contribution in [-0.4, -0.2) is 15.9 Å². The predicted octanol–water partition coefficient (Wildman–Crippen LogP) is 3.60. The van der Waals surface area contributed by atoms with E-state index in [1.165, 1.54) is 0 Å². The van der Waals surface area contributed by atoms with Crippen LogP contribution in [0.15, 0.2) is 30.6 Å². The molecule has 6 heteroatoms. The normalized spacial score (nSPS) is 12.2. The lowest BCUT2D eigenvalue weighted by Crippen LogP contribution is -2.29. The summed E-state index contributed by atoms with van der Waals surface area (Å²) in [6, 6.07) is 4.77. The van der Waals surface area contributed by atoms with Gasteiger partial charge in [-0.15, -0.1) is 0 Å². The number of benzene rings is 1. The molecule has 0 aliphatic heterocycles. The number of aromatic nitrogens is 2. The molecule has 4 nitrogen and oxygen atoms in total. The zero-order chi connectivity index (χ0) is 13.8. The van der Waals surface area contributed by atoms with Crippen LogP contribution < -0.4 is 5.32 Å². The minimum Gasteiger partial charge on any atom is -0.347 e. The zero-order valence-corrected chi connectivity index (χ0v) is 11.8. The molecule has 1 atom stereocenters. The van der Waals surface area contributed by atoms with Gasteiger partial charge in [-0.1, -0.05) is 36.2 Å². The standard InChI is InChI=1S/C13H13Cl2N3O/c1-2-10(12-16-6-7-17-12)18-13(19)11-8(14)4-3-5-9(11)15/h3-7,10H,2H2,1H3,(H,16,17)(H,18,19). The van der Waals surface area contributed by atoms with Crippen LogP contribution in [0.5, 0.6) is 0 Å². The molecule has 0 aliphatic rings. The third kappa shape index (κ3) is 3.08. The van der Waals surface area contributed by atoms with Crippen LogP contribution in [0.25, 0.3) is 0 Å². The van der Waals surface area contributed by atoms with Gasteiger partial charge in [0.1, 0.15) is 5.82 Å². The summed E-state index contributed by atoms with van der Waals surface area (Å²) in [5, 5.41) is 3.53. The number of halogens is 2. The second kappa shape index (κ2) is 6.08. The van der Waals surface area contributed by atoms with E-state index in [0.717, 1.165) is 0 Å². The highest BCUT2D eigenvalue weighted by atomic mass is 35.5. The summed E-state index contributed by atoms with van der Waals surface area (Å²) < 4.78 is 0. The van der Waals surface area contributed by atoms with Crippen LogP contribution in [0.1, 0.15) is 35.6 Å². The Bertz CT molecular complexity index is 549. The Balaban J connectivity index is 2.21. The van der Waals surface area contributed by atoms with E-state index < -0.39 is 0 Å². The van der Waals surface area contributed by atoms with Gasteiger partial charge in [-0.05, 0) is 18.6 Å². The summed E-state index contributed by atoms with van der Waals surface area (Å²) in [4.78, 5) is 19.4. The summed E-state index contributed by atoms with van der Waals surface area (Å²) in [5.41, 5.74) is 0.288. The van der Waals surface area contributed by atoms with E-state index in [4.69, 9.17) is 23.2 Å². The fourth-order valence-electron chi connectivity index (χ4n) is 1.78. The third-order valence-electron chi connectivity index (χ3n) is 2.75. The van der Waals surface area contributed by atoms with Gasteiger partial charge in [-0.2, -0.15) is 0 Å². The molecule has 0 fully saturated rings. The highest BCUT2D eigenvalue weighted by Gasteiger charge is 2.19. The van der Waals surface area contributed by atoms with Crippen LogP contribution in [-0.2, 0) is 0 Å². The van der Waals surface area contributed by atoms with Crippen molar-refractivity contribution < 1.29 is 4.79 Å². The molecule has 0 saturated heterocycles. The SMILES string of the molecule is CCC(NC(=O)c1c(Cl)cccc1Cl)c1ncc[nH]1. The summed E-state index contributed by atoms with van der Waals surface area (Å²) in [6.45, 7) is 1.96. The molecule has 1 heterocycles. The van der Waals surface area contributed by atoms with Gasteiger partial charge in [-0.25, -0.2) is 4.98 Å². The Morgan fingerprint density at radius 3 is 2.63 bits per heavy atom. The highest BCUT2D eigenvalue weighted by molar-refractivity contribution is 6.39. The lowest BCUT2D eigenvalue weighted by Gasteiger charge is -2.15. The number of H-pyrrole nitrogens is 1. The van der Waals surface area contributed by atoms with Crippen molar-refractivity contribution in [2.24, 2.45) is 0 Å². The van der Waals surface area contributed by atoms with Gasteiger partial charge in [0.05, 0.1) is 21.7 Å².